The van der Waals surface area contributed by atoms with Crippen molar-refractivity contribution in [3.63, 3.8) is 0 Å². The highest BCUT2D eigenvalue weighted by Crippen LogP contribution is 2.38. The summed E-state index contributed by atoms with van der Waals surface area (Å²) >= 11 is 1.56. The number of aromatic nitrogens is 1. The van der Waals surface area contributed by atoms with E-state index in [0.29, 0.717) is 6.61 Å². The van der Waals surface area contributed by atoms with Crippen LogP contribution in [0.3, 0.4) is 0 Å². The molecule has 0 radical (unpaired) electrons. The number of carbonyl (C=O) groups is 1. The minimum absolute atomic E-state index is 0.0166. The van der Waals surface area contributed by atoms with E-state index in [1.165, 1.54) is 10.9 Å². The van der Waals surface area contributed by atoms with E-state index in [-0.39, 0.29) is 18.1 Å². The molecule has 6 heteroatoms. The van der Waals surface area contributed by atoms with Crippen LogP contribution in [0.5, 0.6) is 0 Å². The zero-order valence-electron chi connectivity index (χ0n) is 18.4. The van der Waals surface area contributed by atoms with Gasteiger partial charge in [-0.2, -0.15) is 0 Å². The summed E-state index contributed by atoms with van der Waals surface area (Å²) in [5.74, 6) is -0.0166. The van der Waals surface area contributed by atoms with E-state index in [9.17, 15) is 4.79 Å². The second kappa shape index (κ2) is 8.98. The lowest BCUT2D eigenvalue weighted by Gasteiger charge is -2.33. The Balaban J connectivity index is 1.46. The van der Waals surface area contributed by atoms with Crippen LogP contribution in [0.4, 0.5) is 0 Å². The summed E-state index contributed by atoms with van der Waals surface area (Å²) in [7, 11) is 0. The summed E-state index contributed by atoms with van der Waals surface area (Å²) in [5.41, 5.74) is 3.31. The molecular formula is C26H27N3O2S. The van der Waals surface area contributed by atoms with Crippen LogP contribution in [0.2, 0.25) is 0 Å². The van der Waals surface area contributed by atoms with E-state index in [2.05, 4.69) is 51.6 Å². The summed E-state index contributed by atoms with van der Waals surface area (Å²) in [6, 6.07) is 18.7. The predicted molar refractivity (Wildman–Crippen MR) is 130 cm³/mol. The smallest absolute Gasteiger partial charge is 0.261 e. The van der Waals surface area contributed by atoms with E-state index in [4.69, 9.17) is 4.74 Å². The van der Waals surface area contributed by atoms with Gasteiger partial charge in [0.2, 0.25) is 0 Å². The minimum atomic E-state index is -0.138. The molecule has 1 N–H and O–H groups in total. The van der Waals surface area contributed by atoms with E-state index >= 15 is 0 Å². The molecule has 1 saturated heterocycles. The van der Waals surface area contributed by atoms with Gasteiger partial charge in [-0.1, -0.05) is 36.4 Å². The van der Waals surface area contributed by atoms with Crippen molar-refractivity contribution in [1.82, 2.24) is 15.2 Å². The number of rotatable bonds is 5. The van der Waals surface area contributed by atoms with E-state index < -0.39 is 0 Å². The third-order valence-electron chi connectivity index (χ3n) is 5.87. The van der Waals surface area contributed by atoms with Crippen molar-refractivity contribution in [3.8, 4) is 0 Å². The molecule has 2 aromatic carbocycles. The molecule has 1 aliphatic rings. The van der Waals surface area contributed by atoms with Crippen molar-refractivity contribution in [2.24, 2.45) is 0 Å². The lowest BCUT2D eigenvalue weighted by atomic mass is 10.0. The number of nitrogens with one attached hydrogen (secondary N) is 1. The third-order valence-corrected chi connectivity index (χ3v) is 7.05. The fraction of sp³-hybridized carbons (Fsp3) is 0.308. The number of amides is 1. The highest BCUT2D eigenvalue weighted by atomic mass is 32.1. The Morgan fingerprint density at radius 1 is 1.16 bits per heavy atom. The van der Waals surface area contributed by atoms with Gasteiger partial charge in [0.1, 0.15) is 0 Å². The molecule has 2 aromatic heterocycles. The number of ether oxygens (including phenoxy) is 1. The van der Waals surface area contributed by atoms with Gasteiger partial charge >= 0.3 is 0 Å². The fourth-order valence-corrected chi connectivity index (χ4v) is 5.59. The van der Waals surface area contributed by atoms with Crippen LogP contribution in [0, 0.1) is 0 Å². The fourth-order valence-electron chi connectivity index (χ4n) is 4.44. The maximum absolute atomic E-state index is 13.0. The summed E-state index contributed by atoms with van der Waals surface area (Å²) in [6.07, 6.45) is 1.75. The maximum Gasteiger partial charge on any atom is 0.261 e. The molecule has 0 spiro atoms. The molecule has 3 heterocycles. The van der Waals surface area contributed by atoms with Crippen molar-refractivity contribution in [2.45, 2.75) is 32.5 Å². The predicted octanol–water partition coefficient (Wildman–Crippen LogP) is 5.16. The summed E-state index contributed by atoms with van der Waals surface area (Å²) in [5, 5.41) is 5.37. The first kappa shape index (κ1) is 21.1. The van der Waals surface area contributed by atoms with Gasteiger partial charge < -0.3 is 10.1 Å². The molecule has 1 fully saturated rings. The largest absolute Gasteiger partial charge is 0.371 e. The summed E-state index contributed by atoms with van der Waals surface area (Å²) < 4.78 is 7.38. The average Bonchev–Trinajstić information content (AvgIpc) is 3.19. The molecule has 4 aromatic rings. The number of pyridine rings is 1. The topological polar surface area (TPSA) is 54.5 Å². The Kier molecular flexibility index (Phi) is 5.91. The van der Waals surface area contributed by atoms with Gasteiger partial charge in [0.15, 0.2) is 0 Å². The van der Waals surface area contributed by atoms with Crippen molar-refractivity contribution in [2.75, 3.05) is 19.7 Å². The number of morpholine rings is 1. The van der Waals surface area contributed by atoms with Gasteiger partial charge in [0.25, 0.3) is 5.91 Å². The molecule has 1 amide bonds. The molecule has 1 atom stereocenters. The number of carbonyl (C=O) groups excluding carboxylic acids is 1. The van der Waals surface area contributed by atoms with Crippen molar-refractivity contribution >= 4 is 38.2 Å². The normalized spacial score (nSPS) is 17.3. The molecule has 5 nitrogen and oxygen atoms in total. The van der Waals surface area contributed by atoms with Gasteiger partial charge in [-0.05, 0) is 43.0 Å². The molecule has 0 saturated carbocycles. The Labute approximate surface area is 192 Å². The summed E-state index contributed by atoms with van der Waals surface area (Å²) in [4.78, 5) is 20.7. The Morgan fingerprint density at radius 2 is 1.94 bits per heavy atom. The van der Waals surface area contributed by atoms with E-state index in [1.54, 1.807) is 11.3 Å². The Bertz CT molecular complexity index is 1260. The second-order valence-electron chi connectivity index (χ2n) is 8.55. The monoisotopic (exact) mass is 445 g/mol. The highest BCUT2D eigenvalue weighted by molar-refractivity contribution is 7.21. The zero-order chi connectivity index (χ0) is 22.1. The van der Waals surface area contributed by atoms with Gasteiger partial charge in [-0.3, -0.25) is 14.7 Å². The molecular weight excluding hydrogens is 418 g/mol. The van der Waals surface area contributed by atoms with Crippen LogP contribution < -0.4 is 5.32 Å². The van der Waals surface area contributed by atoms with Gasteiger partial charge in [0, 0.05) is 47.5 Å². The first-order valence-electron chi connectivity index (χ1n) is 11.1. The lowest BCUT2D eigenvalue weighted by Crippen LogP contribution is -2.38. The minimum Gasteiger partial charge on any atom is -0.371 e. The molecule has 164 valence electrons. The molecule has 32 heavy (non-hydrogen) atoms. The van der Waals surface area contributed by atoms with Crippen LogP contribution in [-0.4, -0.2) is 41.5 Å². The van der Waals surface area contributed by atoms with Gasteiger partial charge in [0.05, 0.1) is 23.1 Å². The van der Waals surface area contributed by atoms with Crippen molar-refractivity contribution in [3.05, 3.63) is 76.8 Å². The number of para-hydroxylation sites is 1. The van der Waals surface area contributed by atoms with Crippen LogP contribution in [0.25, 0.3) is 21.0 Å². The van der Waals surface area contributed by atoms with Crippen LogP contribution in [-0.2, 0) is 11.3 Å². The Morgan fingerprint density at radius 3 is 2.78 bits per heavy atom. The molecule has 0 aliphatic carbocycles. The Hall–Kier alpha value is -2.80. The number of nitrogens with zero attached hydrogens (tertiary/aromatic N) is 2. The average molecular weight is 446 g/mol. The molecule has 0 bridgehead atoms. The number of hydrogen-bond donors (Lipinski definition) is 1. The van der Waals surface area contributed by atoms with Crippen molar-refractivity contribution in [1.29, 1.82) is 0 Å². The first-order valence-corrected chi connectivity index (χ1v) is 11.9. The SMILES string of the molecule is CC(C)NC(=O)c1sc2ccccc2c1[C@H]1CN(Cc2ccnc3ccccc23)CCO1. The van der Waals surface area contributed by atoms with Crippen LogP contribution in [0.15, 0.2) is 60.8 Å². The number of hydrogen-bond acceptors (Lipinski definition) is 5. The highest BCUT2D eigenvalue weighted by Gasteiger charge is 2.30. The molecule has 1 aliphatic heterocycles. The quantitative estimate of drug-likeness (QED) is 0.461. The second-order valence-corrected chi connectivity index (χ2v) is 9.60. The summed E-state index contributed by atoms with van der Waals surface area (Å²) in [6.45, 7) is 7.06. The number of fused-ring (bicyclic) bond motifs is 2. The van der Waals surface area contributed by atoms with E-state index in [0.717, 1.165) is 45.7 Å². The first-order chi connectivity index (χ1) is 15.6. The lowest BCUT2D eigenvalue weighted by molar-refractivity contribution is -0.0322. The van der Waals surface area contributed by atoms with E-state index in [1.807, 2.05) is 38.2 Å². The van der Waals surface area contributed by atoms with Gasteiger partial charge in [-0.25, -0.2) is 0 Å². The van der Waals surface area contributed by atoms with Crippen LogP contribution in [0.1, 0.15) is 40.8 Å². The number of thiophene rings is 1. The van der Waals surface area contributed by atoms with Crippen molar-refractivity contribution < 1.29 is 9.53 Å². The molecule has 5 rings (SSSR count). The molecule has 0 unspecified atom stereocenters. The maximum atomic E-state index is 13.0. The van der Waals surface area contributed by atoms with Crippen LogP contribution >= 0.6 is 11.3 Å². The number of benzene rings is 2. The standard InChI is InChI=1S/C26H27N3O2S/c1-17(2)28-26(30)25-24(20-8-4-6-10-23(20)32-25)22-16-29(13-14-31-22)15-18-11-12-27-21-9-5-3-7-19(18)21/h3-12,17,22H,13-16H2,1-2H3,(H,28,30)/t22-/m1/s1. The third kappa shape index (κ3) is 4.13. The van der Waals surface area contributed by atoms with Gasteiger partial charge in [-0.15, -0.1) is 11.3 Å². The zero-order valence-corrected chi connectivity index (χ0v) is 19.2.